The second-order valence-corrected chi connectivity index (χ2v) is 3.23. The molecule has 0 aromatic heterocycles. The molecule has 1 aromatic carbocycles. The Hall–Kier alpha value is -0.505. The Labute approximate surface area is 90.3 Å². The van der Waals surface area contributed by atoms with Crippen molar-refractivity contribution in [3.05, 3.63) is 29.3 Å². The van der Waals surface area contributed by atoms with Crippen LogP contribution in [-0.4, -0.2) is 20.3 Å². The van der Waals surface area contributed by atoms with Crippen molar-refractivity contribution in [2.45, 2.75) is 13.8 Å². The van der Waals surface area contributed by atoms with E-state index < -0.39 is 0 Å². The first-order chi connectivity index (χ1) is 6.77. The van der Waals surface area contributed by atoms with Crippen molar-refractivity contribution < 1.29 is 9.31 Å². The summed E-state index contributed by atoms with van der Waals surface area (Å²) in [4.78, 5) is 0. The molecule has 0 aliphatic carbocycles. The van der Waals surface area contributed by atoms with Crippen LogP contribution in [0.2, 0.25) is 5.02 Å². The summed E-state index contributed by atoms with van der Waals surface area (Å²) >= 11 is 5.79. The van der Waals surface area contributed by atoms with Crippen LogP contribution in [0.1, 0.15) is 13.8 Å². The lowest BCUT2D eigenvalue weighted by atomic mass is 9.79. The molecule has 4 heteroatoms. The molecule has 0 aliphatic heterocycles. The molecular formula is C10H14BClO2. The number of hydrogen-bond donors (Lipinski definition) is 0. The molecule has 0 saturated heterocycles. The van der Waals surface area contributed by atoms with Gasteiger partial charge in [0.1, 0.15) is 0 Å². The Bertz CT molecular complexity index is 257. The van der Waals surface area contributed by atoms with E-state index in [-0.39, 0.29) is 7.12 Å². The number of benzene rings is 1. The normalized spacial score (nSPS) is 10.2. The van der Waals surface area contributed by atoms with E-state index in [1.807, 2.05) is 38.1 Å². The molecule has 0 unspecified atom stereocenters. The summed E-state index contributed by atoms with van der Waals surface area (Å²) in [6, 6.07) is 7.50. The highest BCUT2D eigenvalue weighted by Gasteiger charge is 2.19. The molecule has 0 bridgehead atoms. The minimum atomic E-state index is -0.276. The number of hydrogen-bond acceptors (Lipinski definition) is 2. The summed E-state index contributed by atoms with van der Waals surface area (Å²) in [5.74, 6) is 0. The molecule has 0 aliphatic rings. The van der Waals surface area contributed by atoms with E-state index in [0.717, 1.165) is 10.5 Å². The Kier molecular flexibility index (Phi) is 5.01. The largest absolute Gasteiger partial charge is 0.493 e. The predicted octanol–water partition coefficient (Wildman–Crippen LogP) is 2.11. The van der Waals surface area contributed by atoms with Crippen molar-refractivity contribution in [3.8, 4) is 0 Å². The van der Waals surface area contributed by atoms with Crippen molar-refractivity contribution in [3.63, 3.8) is 0 Å². The fourth-order valence-corrected chi connectivity index (χ4v) is 1.29. The predicted molar refractivity (Wildman–Crippen MR) is 60.1 cm³/mol. The van der Waals surface area contributed by atoms with Crippen LogP contribution >= 0.6 is 11.6 Å². The highest BCUT2D eigenvalue weighted by atomic mass is 35.5. The summed E-state index contributed by atoms with van der Waals surface area (Å²) < 4.78 is 10.9. The maximum atomic E-state index is 5.79. The molecule has 0 atom stereocenters. The maximum absolute atomic E-state index is 5.79. The second-order valence-electron chi connectivity index (χ2n) is 2.79. The third kappa shape index (κ3) is 3.33. The van der Waals surface area contributed by atoms with Crippen LogP contribution < -0.4 is 5.46 Å². The molecule has 76 valence electrons. The van der Waals surface area contributed by atoms with Gasteiger partial charge in [-0.05, 0) is 31.4 Å². The molecule has 0 N–H and O–H groups in total. The van der Waals surface area contributed by atoms with Crippen molar-refractivity contribution in [2.75, 3.05) is 13.2 Å². The molecule has 0 radical (unpaired) electrons. The van der Waals surface area contributed by atoms with E-state index in [2.05, 4.69) is 0 Å². The number of halogens is 1. The highest BCUT2D eigenvalue weighted by molar-refractivity contribution is 6.61. The average molecular weight is 212 g/mol. The first kappa shape index (κ1) is 11.6. The number of rotatable bonds is 5. The molecule has 0 spiro atoms. The Morgan fingerprint density at radius 3 is 2.00 bits per heavy atom. The van der Waals surface area contributed by atoms with Crippen LogP contribution in [0.25, 0.3) is 0 Å². The van der Waals surface area contributed by atoms with Crippen molar-refractivity contribution in [2.24, 2.45) is 0 Å². The first-order valence-electron chi connectivity index (χ1n) is 4.76. The summed E-state index contributed by atoms with van der Waals surface area (Å²) in [7, 11) is -0.276. The van der Waals surface area contributed by atoms with E-state index in [0.29, 0.717) is 13.2 Å². The van der Waals surface area contributed by atoms with Gasteiger partial charge < -0.3 is 9.31 Å². The molecule has 0 amide bonds. The van der Waals surface area contributed by atoms with E-state index >= 15 is 0 Å². The Balaban J connectivity index is 2.71. The first-order valence-corrected chi connectivity index (χ1v) is 5.14. The third-order valence-electron chi connectivity index (χ3n) is 1.78. The summed E-state index contributed by atoms with van der Waals surface area (Å²) in [6.45, 7) is 5.16. The molecular weight excluding hydrogens is 198 g/mol. The van der Waals surface area contributed by atoms with Gasteiger partial charge in [-0.25, -0.2) is 0 Å². The van der Waals surface area contributed by atoms with Gasteiger partial charge in [-0.3, -0.25) is 0 Å². The van der Waals surface area contributed by atoms with Crippen molar-refractivity contribution in [1.29, 1.82) is 0 Å². The summed E-state index contributed by atoms with van der Waals surface area (Å²) in [5, 5.41) is 0.723. The maximum Gasteiger partial charge on any atom is 0.493 e. The van der Waals surface area contributed by atoms with E-state index in [9.17, 15) is 0 Å². The molecule has 1 aromatic rings. The Morgan fingerprint density at radius 1 is 1.07 bits per heavy atom. The fraction of sp³-hybridized carbons (Fsp3) is 0.400. The van der Waals surface area contributed by atoms with Gasteiger partial charge in [0.2, 0.25) is 0 Å². The second kappa shape index (κ2) is 6.07. The zero-order valence-electron chi connectivity index (χ0n) is 8.50. The minimum absolute atomic E-state index is 0.276. The van der Waals surface area contributed by atoms with Crippen molar-refractivity contribution >= 4 is 24.2 Å². The third-order valence-corrected chi connectivity index (χ3v) is 2.03. The van der Waals surface area contributed by atoms with Gasteiger partial charge in [0.25, 0.3) is 0 Å². The van der Waals surface area contributed by atoms with Crippen LogP contribution in [0.5, 0.6) is 0 Å². The quantitative estimate of drug-likeness (QED) is 0.696. The van der Waals surface area contributed by atoms with E-state index in [1.165, 1.54) is 0 Å². The summed E-state index contributed by atoms with van der Waals surface area (Å²) in [6.07, 6.45) is 0. The zero-order chi connectivity index (χ0) is 10.4. The zero-order valence-corrected chi connectivity index (χ0v) is 9.25. The lowest BCUT2D eigenvalue weighted by Crippen LogP contribution is -2.36. The van der Waals surface area contributed by atoms with Crippen LogP contribution in [0.4, 0.5) is 0 Å². The van der Waals surface area contributed by atoms with Gasteiger partial charge >= 0.3 is 7.12 Å². The molecule has 2 nitrogen and oxygen atoms in total. The lowest BCUT2D eigenvalue weighted by Gasteiger charge is -2.12. The van der Waals surface area contributed by atoms with Crippen LogP contribution in [0.3, 0.4) is 0 Å². The van der Waals surface area contributed by atoms with E-state index in [1.54, 1.807) is 0 Å². The van der Waals surface area contributed by atoms with Crippen LogP contribution in [0.15, 0.2) is 24.3 Å². The van der Waals surface area contributed by atoms with Gasteiger partial charge in [0.05, 0.1) is 0 Å². The van der Waals surface area contributed by atoms with Crippen LogP contribution in [-0.2, 0) is 9.31 Å². The van der Waals surface area contributed by atoms with Gasteiger partial charge in [-0.2, -0.15) is 0 Å². The van der Waals surface area contributed by atoms with Gasteiger partial charge in [-0.15, -0.1) is 0 Å². The SMILES string of the molecule is CCOB(OCC)c1ccc(Cl)cc1. The highest BCUT2D eigenvalue weighted by Crippen LogP contribution is 2.05. The molecule has 0 fully saturated rings. The molecule has 1 rings (SSSR count). The monoisotopic (exact) mass is 212 g/mol. The molecule has 0 heterocycles. The van der Waals surface area contributed by atoms with Gasteiger partial charge in [0, 0.05) is 18.2 Å². The van der Waals surface area contributed by atoms with Crippen molar-refractivity contribution in [1.82, 2.24) is 0 Å². The molecule has 0 saturated carbocycles. The van der Waals surface area contributed by atoms with Gasteiger partial charge in [-0.1, -0.05) is 23.7 Å². The standard InChI is InChI=1S/C10H14BClO2/c1-3-13-11(14-4-2)9-5-7-10(12)8-6-9/h5-8H,3-4H2,1-2H3. The Morgan fingerprint density at radius 2 is 1.57 bits per heavy atom. The smallest absolute Gasteiger partial charge is 0.408 e. The van der Waals surface area contributed by atoms with Crippen LogP contribution in [0, 0.1) is 0 Å². The summed E-state index contributed by atoms with van der Waals surface area (Å²) in [5.41, 5.74) is 0.998. The fourth-order valence-electron chi connectivity index (χ4n) is 1.16. The lowest BCUT2D eigenvalue weighted by molar-refractivity contribution is 0.225. The topological polar surface area (TPSA) is 18.5 Å². The minimum Gasteiger partial charge on any atom is -0.408 e. The van der Waals surface area contributed by atoms with Gasteiger partial charge in [0.15, 0.2) is 0 Å². The average Bonchev–Trinajstić information content (AvgIpc) is 2.19. The molecule has 14 heavy (non-hydrogen) atoms. The van der Waals surface area contributed by atoms with E-state index in [4.69, 9.17) is 20.9 Å².